The van der Waals surface area contributed by atoms with Gasteiger partial charge in [0.15, 0.2) is 5.82 Å². The highest BCUT2D eigenvalue weighted by Crippen LogP contribution is 2.40. The van der Waals surface area contributed by atoms with Gasteiger partial charge in [0.25, 0.3) is 0 Å². The van der Waals surface area contributed by atoms with E-state index in [0.717, 1.165) is 12.8 Å². The molecule has 2 heterocycles. The second-order valence-electron chi connectivity index (χ2n) is 5.73. The number of aromatic nitrogens is 1. The number of carboxylic acids is 1. The summed E-state index contributed by atoms with van der Waals surface area (Å²) in [6.07, 6.45) is 2.82. The summed E-state index contributed by atoms with van der Waals surface area (Å²) in [7, 11) is 0. The zero-order chi connectivity index (χ0) is 16.3. The minimum absolute atomic E-state index is 0.0121. The average molecular weight is 317 g/mol. The number of fused-ring (bicyclic) bond motifs is 2. The maximum Gasteiger partial charge on any atom is 0.341 e. The van der Waals surface area contributed by atoms with Crippen molar-refractivity contribution in [2.75, 3.05) is 17.2 Å². The molecule has 0 unspecified atom stereocenters. The molecular weight excluding hydrogens is 305 g/mol. The van der Waals surface area contributed by atoms with Crippen LogP contribution in [0.5, 0.6) is 0 Å². The van der Waals surface area contributed by atoms with Crippen molar-refractivity contribution in [2.45, 2.75) is 18.9 Å². The standard InChI is InChI=1S/C15H12FN3O4/c16-11-12-9(18-10(20)4-17-12)3-7-13(11)19(6-1-2-6)5-8(14(7)21)15(22)23/h3,5-6,17H,1-2,4H2,(H,18,20)(H,22,23). The predicted molar refractivity (Wildman–Crippen MR) is 80.5 cm³/mol. The summed E-state index contributed by atoms with van der Waals surface area (Å²) in [5.74, 6) is -2.36. The first-order valence-corrected chi connectivity index (χ1v) is 7.15. The van der Waals surface area contributed by atoms with E-state index in [2.05, 4.69) is 10.6 Å². The van der Waals surface area contributed by atoms with Gasteiger partial charge < -0.3 is 20.3 Å². The fourth-order valence-corrected chi connectivity index (χ4v) is 2.90. The summed E-state index contributed by atoms with van der Waals surface area (Å²) in [4.78, 5) is 35.1. The Kier molecular flexibility index (Phi) is 2.72. The molecule has 2 aromatic rings. The van der Waals surface area contributed by atoms with Gasteiger partial charge in [0.05, 0.1) is 28.8 Å². The van der Waals surface area contributed by atoms with E-state index in [1.165, 1.54) is 16.8 Å². The van der Waals surface area contributed by atoms with Gasteiger partial charge in [0.1, 0.15) is 5.56 Å². The lowest BCUT2D eigenvalue weighted by Crippen LogP contribution is -2.29. The molecule has 4 rings (SSSR count). The predicted octanol–water partition coefficient (Wildman–Crippen LogP) is 1.54. The lowest BCUT2D eigenvalue weighted by atomic mass is 10.1. The van der Waals surface area contributed by atoms with E-state index < -0.39 is 22.8 Å². The van der Waals surface area contributed by atoms with E-state index in [-0.39, 0.29) is 40.8 Å². The maximum absolute atomic E-state index is 14.9. The third-order valence-corrected chi connectivity index (χ3v) is 4.13. The first-order valence-electron chi connectivity index (χ1n) is 7.15. The molecule has 0 atom stereocenters. The van der Waals surface area contributed by atoms with Crippen molar-refractivity contribution in [3.63, 3.8) is 0 Å². The van der Waals surface area contributed by atoms with Crippen molar-refractivity contribution in [1.29, 1.82) is 0 Å². The Morgan fingerprint density at radius 3 is 2.74 bits per heavy atom. The van der Waals surface area contributed by atoms with Crippen LogP contribution in [0.25, 0.3) is 10.9 Å². The summed E-state index contributed by atoms with van der Waals surface area (Å²) in [6, 6.07) is 1.33. The Hall–Kier alpha value is -2.90. The number of carbonyl (C=O) groups is 2. The molecule has 1 amide bonds. The average Bonchev–Trinajstić information content (AvgIpc) is 3.32. The highest BCUT2D eigenvalue weighted by atomic mass is 19.1. The van der Waals surface area contributed by atoms with E-state index in [4.69, 9.17) is 0 Å². The topological polar surface area (TPSA) is 100 Å². The first kappa shape index (κ1) is 13.7. The molecule has 0 saturated heterocycles. The number of aromatic carboxylic acids is 1. The number of hydrogen-bond donors (Lipinski definition) is 3. The second kappa shape index (κ2) is 4.55. The largest absolute Gasteiger partial charge is 0.477 e. The van der Waals surface area contributed by atoms with Gasteiger partial charge in [-0.3, -0.25) is 9.59 Å². The number of benzene rings is 1. The first-order chi connectivity index (χ1) is 11.0. The zero-order valence-electron chi connectivity index (χ0n) is 11.9. The van der Waals surface area contributed by atoms with Crippen LogP contribution in [0.1, 0.15) is 29.2 Å². The Morgan fingerprint density at radius 2 is 2.09 bits per heavy atom. The number of nitrogens with zero attached hydrogens (tertiary/aromatic N) is 1. The fraction of sp³-hybridized carbons (Fsp3) is 0.267. The Labute approximate surface area is 128 Å². The normalized spacial score (nSPS) is 16.7. The fourth-order valence-electron chi connectivity index (χ4n) is 2.90. The summed E-state index contributed by atoms with van der Waals surface area (Å²) in [6.45, 7) is -0.0592. The Balaban J connectivity index is 2.12. The number of pyridine rings is 1. The number of halogens is 1. The third-order valence-electron chi connectivity index (χ3n) is 4.13. The summed E-state index contributed by atoms with van der Waals surface area (Å²) < 4.78 is 16.4. The summed E-state index contributed by atoms with van der Waals surface area (Å²) in [5, 5.41) is 14.4. The molecule has 1 aliphatic heterocycles. The molecule has 1 aliphatic carbocycles. The molecule has 0 radical (unpaired) electrons. The van der Waals surface area contributed by atoms with Gasteiger partial charge in [0.2, 0.25) is 11.3 Å². The van der Waals surface area contributed by atoms with Crippen LogP contribution in [-0.4, -0.2) is 28.1 Å². The van der Waals surface area contributed by atoms with Crippen molar-refractivity contribution >= 4 is 34.2 Å². The zero-order valence-corrected chi connectivity index (χ0v) is 11.9. The lowest BCUT2D eigenvalue weighted by Gasteiger charge is -2.22. The molecule has 23 heavy (non-hydrogen) atoms. The van der Waals surface area contributed by atoms with Crippen molar-refractivity contribution < 1.29 is 19.1 Å². The van der Waals surface area contributed by atoms with Crippen LogP contribution in [-0.2, 0) is 4.79 Å². The molecule has 8 heteroatoms. The van der Waals surface area contributed by atoms with Crippen LogP contribution in [0.4, 0.5) is 15.8 Å². The summed E-state index contributed by atoms with van der Waals surface area (Å²) >= 11 is 0. The monoisotopic (exact) mass is 317 g/mol. The van der Waals surface area contributed by atoms with Crippen molar-refractivity contribution in [3.05, 3.63) is 33.9 Å². The van der Waals surface area contributed by atoms with E-state index in [0.29, 0.717) is 0 Å². The second-order valence-corrected chi connectivity index (χ2v) is 5.73. The highest BCUT2D eigenvalue weighted by Gasteiger charge is 2.30. The number of anilines is 2. The highest BCUT2D eigenvalue weighted by molar-refractivity contribution is 6.05. The lowest BCUT2D eigenvalue weighted by molar-refractivity contribution is -0.114. The van der Waals surface area contributed by atoms with E-state index in [1.54, 1.807) is 0 Å². The number of hydrogen-bond acceptors (Lipinski definition) is 4. The van der Waals surface area contributed by atoms with Crippen LogP contribution in [0, 0.1) is 5.82 Å². The quantitative estimate of drug-likeness (QED) is 0.780. The van der Waals surface area contributed by atoms with Gasteiger partial charge in [-0.15, -0.1) is 0 Å². The molecule has 1 saturated carbocycles. The molecular formula is C15H12FN3O4. The SMILES string of the molecule is O=C1CNc2c(cc3c(=O)c(C(=O)O)cn(C4CC4)c3c2F)N1. The molecule has 0 spiro atoms. The third kappa shape index (κ3) is 1.98. The van der Waals surface area contributed by atoms with E-state index >= 15 is 0 Å². The number of carboxylic acid groups (broad SMARTS) is 1. The Bertz CT molecular complexity index is 946. The number of amides is 1. The van der Waals surface area contributed by atoms with Gasteiger partial charge >= 0.3 is 5.97 Å². The van der Waals surface area contributed by atoms with Crippen molar-refractivity contribution in [3.8, 4) is 0 Å². The van der Waals surface area contributed by atoms with Crippen LogP contribution < -0.4 is 16.1 Å². The maximum atomic E-state index is 14.9. The number of rotatable bonds is 2. The van der Waals surface area contributed by atoms with Gasteiger partial charge in [-0.25, -0.2) is 9.18 Å². The van der Waals surface area contributed by atoms with E-state index in [1.807, 2.05) is 0 Å². The van der Waals surface area contributed by atoms with E-state index in [9.17, 15) is 23.9 Å². The van der Waals surface area contributed by atoms with Gasteiger partial charge in [-0.05, 0) is 18.9 Å². The molecule has 0 bridgehead atoms. The van der Waals surface area contributed by atoms with Crippen LogP contribution in [0.3, 0.4) is 0 Å². The number of nitrogens with one attached hydrogen (secondary N) is 2. The van der Waals surface area contributed by atoms with Crippen LogP contribution in [0.15, 0.2) is 17.1 Å². The van der Waals surface area contributed by atoms with Gasteiger partial charge in [-0.2, -0.15) is 0 Å². The van der Waals surface area contributed by atoms with Crippen molar-refractivity contribution in [1.82, 2.24) is 4.57 Å². The van der Waals surface area contributed by atoms with Gasteiger partial charge in [0, 0.05) is 12.2 Å². The Morgan fingerprint density at radius 1 is 1.35 bits per heavy atom. The molecule has 7 nitrogen and oxygen atoms in total. The molecule has 1 aromatic carbocycles. The molecule has 1 aromatic heterocycles. The van der Waals surface area contributed by atoms with Gasteiger partial charge in [-0.1, -0.05) is 0 Å². The van der Waals surface area contributed by atoms with Crippen molar-refractivity contribution in [2.24, 2.45) is 0 Å². The molecule has 118 valence electrons. The molecule has 2 aliphatic rings. The minimum atomic E-state index is -1.36. The number of carbonyl (C=O) groups excluding carboxylic acids is 1. The smallest absolute Gasteiger partial charge is 0.341 e. The van der Waals surface area contributed by atoms with Crippen LogP contribution >= 0.6 is 0 Å². The van der Waals surface area contributed by atoms with Crippen LogP contribution in [0.2, 0.25) is 0 Å². The molecule has 1 fully saturated rings. The molecule has 3 N–H and O–H groups in total. The summed E-state index contributed by atoms with van der Waals surface area (Å²) in [5.41, 5.74) is -0.822. The minimum Gasteiger partial charge on any atom is -0.477 e.